The van der Waals surface area contributed by atoms with Crippen molar-refractivity contribution in [1.82, 2.24) is 78.4 Å². The van der Waals surface area contributed by atoms with Crippen LogP contribution in [0.1, 0.15) is 117 Å². The summed E-state index contributed by atoms with van der Waals surface area (Å²) in [6.07, 6.45) is 3.10. The lowest BCUT2D eigenvalue weighted by Crippen LogP contribution is -2.61. The van der Waals surface area contributed by atoms with Crippen molar-refractivity contribution >= 4 is 110 Å². The van der Waals surface area contributed by atoms with Crippen LogP contribution in [0.4, 0.5) is 0 Å². The number of nitrogens with zero attached hydrogens (tertiary/aromatic N) is 1. The fourth-order valence-electron chi connectivity index (χ4n) is 11.2. The van der Waals surface area contributed by atoms with Gasteiger partial charge >= 0.3 is 5.97 Å². The number of imidazole rings is 1. The number of nitrogens with two attached hydrogens (primary N) is 1. The van der Waals surface area contributed by atoms with Crippen molar-refractivity contribution in [2.24, 2.45) is 23.5 Å². The predicted octanol–water partition coefficient (Wildman–Crippen LogP) is -0.220. The van der Waals surface area contributed by atoms with Crippen molar-refractivity contribution in [1.29, 1.82) is 0 Å². The van der Waals surface area contributed by atoms with E-state index in [-0.39, 0.29) is 69.0 Å². The van der Waals surface area contributed by atoms with Crippen LogP contribution in [-0.4, -0.2) is 192 Å². The van der Waals surface area contributed by atoms with Crippen LogP contribution in [-0.2, 0) is 81.6 Å². The van der Waals surface area contributed by atoms with Gasteiger partial charge in [0.2, 0.25) is 70.9 Å². The first-order chi connectivity index (χ1) is 47.0. The van der Waals surface area contributed by atoms with Crippen LogP contribution in [0.3, 0.4) is 0 Å². The van der Waals surface area contributed by atoms with Crippen LogP contribution >= 0.6 is 11.8 Å². The summed E-state index contributed by atoms with van der Waals surface area (Å²) in [6, 6.07) is 0.160. The Bertz CT molecular complexity index is 3650. The molecule has 3 aromatic heterocycles. The van der Waals surface area contributed by atoms with Crippen LogP contribution in [0, 0.1) is 17.8 Å². The van der Waals surface area contributed by atoms with Gasteiger partial charge in [-0.15, -0.1) is 0 Å². The van der Waals surface area contributed by atoms with Crippen LogP contribution in [0.15, 0.2) is 73.4 Å². The minimum atomic E-state index is -1.61. The highest BCUT2D eigenvalue weighted by molar-refractivity contribution is 7.99. The number of carbonyl (C=O) groups is 13. The van der Waals surface area contributed by atoms with E-state index in [1.54, 1.807) is 84.3 Å². The summed E-state index contributed by atoms with van der Waals surface area (Å²) in [5, 5.41) is 50.6. The van der Waals surface area contributed by atoms with Gasteiger partial charge in [0.1, 0.15) is 60.4 Å². The number of aliphatic hydroxyl groups excluding tert-OH is 1. The van der Waals surface area contributed by atoms with Gasteiger partial charge in [-0.3, -0.25) is 62.3 Å². The monoisotopic (exact) mass is 1390 g/mol. The number of thioether (sulfide) groups is 1. The average Bonchev–Trinajstić information content (AvgIpc) is 1.79. The van der Waals surface area contributed by atoms with E-state index >= 15 is 0 Å². The third-order valence-corrected chi connectivity index (χ3v) is 17.6. The number of hydrogen-bond donors (Lipinski definition) is 17. The summed E-state index contributed by atoms with van der Waals surface area (Å²) in [6.45, 7) is 12.1. The van der Waals surface area contributed by atoms with Gasteiger partial charge in [0, 0.05) is 78.2 Å². The number of H-pyrrole nitrogens is 3. The molecule has 1 saturated heterocycles. The quantitative estimate of drug-likeness (QED) is 0.0539. The lowest BCUT2D eigenvalue weighted by molar-refractivity contribution is -0.138. The molecule has 1 fully saturated rings. The fourth-order valence-corrected chi connectivity index (χ4v) is 12.1. The Morgan fingerprint density at radius 2 is 1.11 bits per heavy atom. The summed E-state index contributed by atoms with van der Waals surface area (Å²) < 4.78 is 0. The molecular weight excluding hydrogens is 1300 g/mol. The number of aliphatic hydroxyl groups is 1. The van der Waals surface area contributed by atoms with E-state index in [2.05, 4.69) is 78.4 Å². The number of benzene rings is 2. The molecule has 5 aromatic rings. The van der Waals surface area contributed by atoms with Gasteiger partial charge in [-0.25, -0.2) is 4.98 Å². The van der Waals surface area contributed by atoms with Crippen molar-refractivity contribution in [3.05, 3.63) is 90.3 Å². The number of para-hydroxylation sites is 2. The molecule has 0 spiro atoms. The van der Waals surface area contributed by atoms with E-state index in [4.69, 9.17) is 5.73 Å². The molecule has 32 heteroatoms. The SMILES string of the molecule is CC(C)C[C@@H]1NC(=O)[C@H](Cc2cnc[nH]2)NC(=O)[C@H](Cc2c[nH]c3ccccc23)NC(=O)[C@H](C)NC(=O)CCCSCC[C@@H](C(=O)N[C@H](C(N)=O)[C@@H](C)O)NC(=O)[C@H](Cc2c[nH]c3ccccc23)NC(=O)C(C(C)C)NC(=O)[C@H](CC(C)C)NC(=O)[C@H](CCC(=O)O)NC(=O)CNC1=O. The third kappa shape index (κ3) is 24.3. The fraction of sp³-hybridized carbons (Fsp3) is 0.522. The number of aliphatic carboxylic acids is 1. The van der Waals surface area contributed by atoms with Crippen LogP contribution in [0.2, 0.25) is 0 Å². The molecule has 1 unspecified atom stereocenters. The Morgan fingerprint density at radius 3 is 1.65 bits per heavy atom. The van der Waals surface area contributed by atoms with E-state index in [0.29, 0.717) is 33.5 Å². The standard InChI is InChI=1S/C67H94N16O15S/c1-34(2)24-48-60(91)72-32-54(86)75-46(19-20-55(87)88)61(92)79-49(25-35(3)4)66(97)82-56(36(5)6)67(98)81-51(27-40-30-71-45-17-12-10-15-43(40)45)63(94)76-47(62(93)83-57(38(8)84)58(68)89)21-23-99-22-13-18-53(85)74-37(7)59(90)77-50(26-39-29-70-44-16-11-9-14-42(39)44)64(95)80-52(65(96)78-48)28-41-31-69-33-73-41/h9-12,14-17,29-31,33-38,46-52,56-57,70-71,84H,13,18-28,32H2,1-8H3,(H2,68,89)(H,69,73)(H,72,91)(H,74,85)(H,75,86)(H,76,94)(H,77,90)(H,78,96)(H,79,92)(H,80,95)(H,81,98)(H,82,97)(H,83,93)(H,87,88)/t37-,38+,46-,47-,48-,49-,50-,51-,52-,56?,57-/m0/s1. The molecule has 0 aliphatic carbocycles. The molecule has 4 heterocycles. The van der Waals surface area contributed by atoms with Crippen LogP contribution in [0.25, 0.3) is 21.8 Å². The first-order valence-electron chi connectivity index (χ1n) is 33.1. The molecule has 1 aliphatic heterocycles. The smallest absolute Gasteiger partial charge is 0.303 e. The number of carbonyl (C=O) groups excluding carboxylic acids is 12. The number of carboxylic acid groups (broad SMARTS) is 1. The van der Waals surface area contributed by atoms with E-state index in [1.807, 2.05) is 18.2 Å². The zero-order valence-corrected chi connectivity index (χ0v) is 57.7. The van der Waals surface area contributed by atoms with Gasteiger partial charge in [-0.05, 0) is 98.5 Å². The number of fused-ring (bicyclic) bond motifs is 2. The maximum absolute atomic E-state index is 14.8. The van der Waals surface area contributed by atoms with Gasteiger partial charge in [0.15, 0.2) is 0 Å². The summed E-state index contributed by atoms with van der Waals surface area (Å²) in [5.41, 5.74) is 8.57. The highest BCUT2D eigenvalue weighted by Crippen LogP contribution is 2.22. The Balaban J connectivity index is 1.34. The molecule has 2 aromatic carbocycles. The highest BCUT2D eigenvalue weighted by Gasteiger charge is 2.37. The summed E-state index contributed by atoms with van der Waals surface area (Å²) >= 11 is 1.30. The summed E-state index contributed by atoms with van der Waals surface area (Å²) in [5.74, 6) is -12.4. The van der Waals surface area contributed by atoms with Crippen molar-refractivity contribution < 1.29 is 72.5 Å². The van der Waals surface area contributed by atoms with Crippen molar-refractivity contribution in [3.8, 4) is 0 Å². The summed E-state index contributed by atoms with van der Waals surface area (Å²) in [4.78, 5) is 195. The number of amides is 12. The molecule has 11 atom stereocenters. The maximum Gasteiger partial charge on any atom is 0.303 e. The average molecular weight is 1400 g/mol. The topological polar surface area (TPSA) is 481 Å². The molecular formula is C67H94N16O15S. The second kappa shape index (κ2) is 37.8. The van der Waals surface area contributed by atoms with Gasteiger partial charge < -0.3 is 89.4 Å². The van der Waals surface area contributed by atoms with Crippen molar-refractivity contribution in [2.75, 3.05) is 18.1 Å². The summed E-state index contributed by atoms with van der Waals surface area (Å²) in [7, 11) is 0. The van der Waals surface area contributed by atoms with Gasteiger partial charge in [-0.1, -0.05) is 77.9 Å². The minimum Gasteiger partial charge on any atom is -0.481 e. The first-order valence-corrected chi connectivity index (χ1v) is 34.3. The Kier molecular flexibility index (Phi) is 29.8. The molecule has 0 saturated carbocycles. The van der Waals surface area contributed by atoms with Crippen LogP contribution in [0.5, 0.6) is 0 Å². The Labute approximate surface area is 576 Å². The van der Waals surface area contributed by atoms with Gasteiger partial charge in [0.25, 0.3) is 0 Å². The van der Waals surface area contributed by atoms with Crippen molar-refractivity contribution in [2.45, 2.75) is 186 Å². The number of nitrogens with one attached hydrogen (secondary N) is 14. The second-order valence-electron chi connectivity index (χ2n) is 26.0. The number of carboxylic acids is 1. The highest BCUT2D eigenvalue weighted by atomic mass is 32.2. The number of hydrogen-bond acceptors (Lipinski definition) is 16. The molecule has 12 amide bonds. The number of aromatic nitrogens is 4. The predicted molar refractivity (Wildman–Crippen MR) is 367 cm³/mol. The van der Waals surface area contributed by atoms with Gasteiger partial charge in [0.05, 0.1) is 19.0 Å². The molecule has 6 rings (SSSR count). The van der Waals surface area contributed by atoms with E-state index in [1.165, 1.54) is 38.1 Å². The first kappa shape index (κ1) is 78.1. The third-order valence-electron chi connectivity index (χ3n) is 16.5. The number of aromatic amines is 3. The van der Waals surface area contributed by atoms with Gasteiger partial charge in [-0.2, -0.15) is 11.8 Å². The number of rotatable bonds is 18. The molecule has 99 heavy (non-hydrogen) atoms. The molecule has 0 bridgehead atoms. The molecule has 538 valence electrons. The molecule has 31 nitrogen and oxygen atoms in total. The lowest BCUT2D eigenvalue weighted by Gasteiger charge is -2.29. The zero-order chi connectivity index (χ0) is 72.6. The lowest BCUT2D eigenvalue weighted by atomic mass is 9.98. The molecule has 0 radical (unpaired) electrons. The second-order valence-corrected chi connectivity index (χ2v) is 27.2. The van der Waals surface area contributed by atoms with Crippen LogP contribution < -0.4 is 64.2 Å². The van der Waals surface area contributed by atoms with Crippen molar-refractivity contribution in [3.63, 3.8) is 0 Å². The van der Waals surface area contributed by atoms with E-state index in [9.17, 15) is 72.5 Å². The maximum atomic E-state index is 14.8. The largest absolute Gasteiger partial charge is 0.481 e. The number of primary amides is 1. The molecule has 18 N–H and O–H groups in total. The Morgan fingerprint density at radius 1 is 0.596 bits per heavy atom. The Hall–Kier alpha value is -9.85. The zero-order valence-electron chi connectivity index (χ0n) is 56.8. The van der Waals surface area contributed by atoms with E-state index < -0.39 is 169 Å². The normalized spacial score (nSPS) is 23.3. The van der Waals surface area contributed by atoms with E-state index in [0.717, 1.165) is 10.9 Å². The minimum absolute atomic E-state index is 0.0165. The molecule has 1 aliphatic rings.